The number of rotatable bonds is 6. The zero-order chi connectivity index (χ0) is 13.5. The number of nitrogens with one attached hydrogen (secondary N) is 2. The zero-order valence-corrected chi connectivity index (χ0v) is 11.5. The molecule has 1 amide bonds. The molecule has 1 aromatic carbocycles. The van der Waals surface area contributed by atoms with Gasteiger partial charge in [-0.1, -0.05) is 12.1 Å². The Labute approximate surface area is 109 Å². The Morgan fingerprint density at radius 1 is 1.33 bits per heavy atom. The van der Waals surface area contributed by atoms with Gasteiger partial charge >= 0.3 is 0 Å². The van der Waals surface area contributed by atoms with Gasteiger partial charge in [-0.2, -0.15) is 0 Å². The van der Waals surface area contributed by atoms with Gasteiger partial charge in [-0.3, -0.25) is 4.79 Å². The SMILES string of the molecule is CNC(C)c1cccc(NC(=O)COC(C)C)c1. The molecule has 4 nitrogen and oxygen atoms in total. The summed E-state index contributed by atoms with van der Waals surface area (Å²) < 4.78 is 5.25. The van der Waals surface area contributed by atoms with Crippen molar-refractivity contribution in [1.82, 2.24) is 5.32 Å². The quantitative estimate of drug-likeness (QED) is 0.814. The van der Waals surface area contributed by atoms with E-state index in [9.17, 15) is 4.79 Å². The minimum absolute atomic E-state index is 0.0615. The first-order valence-electron chi connectivity index (χ1n) is 6.21. The van der Waals surface area contributed by atoms with Crippen molar-refractivity contribution in [3.8, 4) is 0 Å². The van der Waals surface area contributed by atoms with E-state index in [1.165, 1.54) is 0 Å². The van der Waals surface area contributed by atoms with Crippen molar-refractivity contribution in [2.75, 3.05) is 19.0 Å². The second kappa shape index (κ2) is 7.13. The van der Waals surface area contributed by atoms with E-state index in [1.807, 2.05) is 45.2 Å². The van der Waals surface area contributed by atoms with Crippen LogP contribution >= 0.6 is 0 Å². The molecular formula is C14H22N2O2. The highest BCUT2D eigenvalue weighted by Gasteiger charge is 2.06. The van der Waals surface area contributed by atoms with Crippen molar-refractivity contribution in [2.24, 2.45) is 0 Å². The molecule has 0 aliphatic carbocycles. The highest BCUT2D eigenvalue weighted by atomic mass is 16.5. The van der Waals surface area contributed by atoms with Crippen LogP contribution in [0.5, 0.6) is 0 Å². The van der Waals surface area contributed by atoms with Crippen LogP contribution in [0, 0.1) is 0 Å². The maximum atomic E-state index is 11.6. The summed E-state index contributed by atoms with van der Waals surface area (Å²) in [6.07, 6.45) is 0.0615. The first kappa shape index (κ1) is 14.7. The molecule has 0 aliphatic heterocycles. The lowest BCUT2D eigenvalue weighted by molar-refractivity contribution is -0.121. The van der Waals surface area contributed by atoms with Gasteiger partial charge in [0, 0.05) is 11.7 Å². The third kappa shape index (κ3) is 4.85. The van der Waals surface area contributed by atoms with Gasteiger partial charge in [0.15, 0.2) is 0 Å². The normalized spacial score (nSPS) is 12.5. The van der Waals surface area contributed by atoms with E-state index in [2.05, 4.69) is 17.6 Å². The third-order valence-electron chi connectivity index (χ3n) is 2.65. The summed E-state index contributed by atoms with van der Waals surface area (Å²) in [7, 11) is 1.91. The lowest BCUT2D eigenvalue weighted by atomic mass is 10.1. The van der Waals surface area contributed by atoms with Gasteiger partial charge in [-0.05, 0) is 45.5 Å². The lowest BCUT2D eigenvalue weighted by Crippen LogP contribution is -2.21. The molecule has 2 N–H and O–H groups in total. The first-order chi connectivity index (χ1) is 8.52. The van der Waals surface area contributed by atoms with Crippen LogP contribution in [-0.4, -0.2) is 25.7 Å². The molecule has 1 rings (SSSR count). The third-order valence-corrected chi connectivity index (χ3v) is 2.65. The fourth-order valence-corrected chi connectivity index (χ4v) is 1.49. The largest absolute Gasteiger partial charge is 0.369 e. The van der Waals surface area contributed by atoms with Gasteiger partial charge in [0.25, 0.3) is 0 Å². The predicted octanol–water partition coefficient (Wildman–Crippen LogP) is 2.33. The number of hydrogen-bond donors (Lipinski definition) is 2. The van der Waals surface area contributed by atoms with Crippen molar-refractivity contribution >= 4 is 11.6 Å². The molecule has 0 bridgehead atoms. The number of hydrogen-bond acceptors (Lipinski definition) is 3. The number of amides is 1. The first-order valence-corrected chi connectivity index (χ1v) is 6.21. The lowest BCUT2D eigenvalue weighted by Gasteiger charge is -2.13. The fourth-order valence-electron chi connectivity index (χ4n) is 1.49. The molecule has 1 unspecified atom stereocenters. The van der Waals surface area contributed by atoms with Crippen molar-refractivity contribution in [1.29, 1.82) is 0 Å². The van der Waals surface area contributed by atoms with Gasteiger partial charge in [-0.15, -0.1) is 0 Å². The van der Waals surface area contributed by atoms with Crippen molar-refractivity contribution in [3.63, 3.8) is 0 Å². The van der Waals surface area contributed by atoms with Gasteiger partial charge in [-0.25, -0.2) is 0 Å². The Morgan fingerprint density at radius 2 is 2.06 bits per heavy atom. The summed E-state index contributed by atoms with van der Waals surface area (Å²) in [5, 5.41) is 5.99. The van der Waals surface area contributed by atoms with Gasteiger partial charge in [0.05, 0.1) is 6.10 Å². The molecule has 100 valence electrons. The van der Waals surface area contributed by atoms with Gasteiger partial charge < -0.3 is 15.4 Å². The minimum Gasteiger partial charge on any atom is -0.369 e. The number of carbonyl (C=O) groups is 1. The minimum atomic E-state index is -0.127. The molecule has 4 heteroatoms. The summed E-state index contributed by atoms with van der Waals surface area (Å²) in [4.78, 5) is 11.6. The van der Waals surface area contributed by atoms with Crippen LogP contribution in [0.15, 0.2) is 24.3 Å². The van der Waals surface area contributed by atoms with Crippen molar-refractivity contribution in [3.05, 3.63) is 29.8 Å². The van der Waals surface area contributed by atoms with Crippen LogP contribution in [0.3, 0.4) is 0 Å². The van der Waals surface area contributed by atoms with Crippen LogP contribution in [-0.2, 0) is 9.53 Å². The molecule has 0 aliphatic rings. The molecule has 18 heavy (non-hydrogen) atoms. The standard InChI is InChI=1S/C14H22N2O2/c1-10(2)18-9-14(17)16-13-7-5-6-12(8-13)11(3)15-4/h5-8,10-11,15H,9H2,1-4H3,(H,16,17). The van der Waals surface area contributed by atoms with Crippen LogP contribution in [0.4, 0.5) is 5.69 Å². The zero-order valence-electron chi connectivity index (χ0n) is 11.5. The summed E-state index contributed by atoms with van der Waals surface area (Å²) >= 11 is 0. The average Bonchev–Trinajstić information content (AvgIpc) is 2.35. The van der Waals surface area contributed by atoms with E-state index in [0.29, 0.717) is 0 Å². The van der Waals surface area contributed by atoms with E-state index >= 15 is 0 Å². The second-order valence-corrected chi connectivity index (χ2v) is 4.54. The molecule has 1 atom stereocenters. The molecule has 1 aromatic rings. The van der Waals surface area contributed by atoms with E-state index < -0.39 is 0 Å². The van der Waals surface area contributed by atoms with Gasteiger partial charge in [0.1, 0.15) is 6.61 Å². The average molecular weight is 250 g/mol. The maximum Gasteiger partial charge on any atom is 0.250 e. The van der Waals surface area contributed by atoms with Crippen LogP contribution in [0.25, 0.3) is 0 Å². The van der Waals surface area contributed by atoms with Crippen LogP contribution < -0.4 is 10.6 Å². The highest BCUT2D eigenvalue weighted by molar-refractivity contribution is 5.91. The summed E-state index contributed by atoms with van der Waals surface area (Å²) in [6.45, 7) is 5.97. The molecule has 0 spiro atoms. The molecular weight excluding hydrogens is 228 g/mol. The molecule has 0 saturated heterocycles. The van der Waals surface area contributed by atoms with Crippen LogP contribution in [0.2, 0.25) is 0 Å². The predicted molar refractivity (Wildman–Crippen MR) is 73.6 cm³/mol. The van der Waals surface area contributed by atoms with Crippen molar-refractivity contribution in [2.45, 2.75) is 32.9 Å². The Hall–Kier alpha value is -1.39. The fraction of sp³-hybridized carbons (Fsp3) is 0.500. The topological polar surface area (TPSA) is 50.4 Å². The second-order valence-electron chi connectivity index (χ2n) is 4.54. The Bertz CT molecular complexity index is 391. The van der Waals surface area contributed by atoms with E-state index in [-0.39, 0.29) is 24.7 Å². The van der Waals surface area contributed by atoms with E-state index in [1.54, 1.807) is 0 Å². The molecule has 0 radical (unpaired) electrons. The van der Waals surface area contributed by atoms with E-state index in [0.717, 1.165) is 11.3 Å². The monoisotopic (exact) mass is 250 g/mol. The maximum absolute atomic E-state index is 11.6. The van der Waals surface area contributed by atoms with Crippen molar-refractivity contribution < 1.29 is 9.53 Å². The number of benzene rings is 1. The number of ether oxygens (including phenoxy) is 1. The molecule has 0 aromatic heterocycles. The molecule has 0 fully saturated rings. The summed E-state index contributed by atoms with van der Waals surface area (Å²) in [5.41, 5.74) is 1.94. The van der Waals surface area contributed by atoms with Gasteiger partial charge in [0.2, 0.25) is 5.91 Å². The highest BCUT2D eigenvalue weighted by Crippen LogP contribution is 2.16. The molecule has 0 saturated carbocycles. The Balaban J connectivity index is 2.59. The Morgan fingerprint density at radius 3 is 2.67 bits per heavy atom. The number of carbonyl (C=O) groups excluding carboxylic acids is 1. The summed E-state index contributed by atoms with van der Waals surface area (Å²) in [6, 6.07) is 8.06. The Kier molecular flexibility index (Phi) is 5.82. The van der Waals surface area contributed by atoms with Crippen LogP contribution in [0.1, 0.15) is 32.4 Å². The summed E-state index contributed by atoms with van der Waals surface area (Å²) in [5.74, 6) is -0.127. The van der Waals surface area contributed by atoms with E-state index in [4.69, 9.17) is 4.74 Å². The smallest absolute Gasteiger partial charge is 0.250 e. The number of anilines is 1. The molecule has 0 heterocycles.